The van der Waals surface area contributed by atoms with E-state index in [0.29, 0.717) is 21.5 Å². The third-order valence-corrected chi connectivity index (χ3v) is 2.68. The molecule has 0 aliphatic carbocycles. The van der Waals surface area contributed by atoms with Crippen molar-refractivity contribution >= 4 is 21.9 Å². The number of hydrogen-bond acceptors (Lipinski definition) is 4. The monoisotopic (exact) mass is 286 g/mol. The maximum atomic E-state index is 11.7. The molecule has 1 aliphatic rings. The van der Waals surface area contributed by atoms with Crippen LogP contribution in [-0.4, -0.2) is 18.9 Å². The third-order valence-electron chi connectivity index (χ3n) is 2.02. The van der Waals surface area contributed by atoms with Gasteiger partial charge in [0, 0.05) is 4.47 Å². The second kappa shape index (κ2) is 4.33. The Kier molecular flexibility index (Phi) is 3.05. The molecular formula is C11H11BrO4. The van der Waals surface area contributed by atoms with Gasteiger partial charge in [-0.2, -0.15) is 0 Å². The second-order valence-corrected chi connectivity index (χ2v) is 4.49. The molecule has 4 nitrogen and oxygen atoms in total. The summed E-state index contributed by atoms with van der Waals surface area (Å²) in [6, 6.07) is 3.33. The SMILES string of the molecule is CC(C)OC(=O)c1cc2c(cc1Br)OCO2. The first-order chi connectivity index (χ1) is 7.58. The first-order valence-corrected chi connectivity index (χ1v) is 5.67. The molecule has 0 spiro atoms. The smallest absolute Gasteiger partial charge is 0.339 e. The van der Waals surface area contributed by atoms with E-state index in [1.54, 1.807) is 26.0 Å². The molecule has 0 unspecified atom stereocenters. The Hall–Kier alpha value is -1.23. The molecule has 0 saturated heterocycles. The number of carbonyl (C=O) groups excluding carboxylic acids is 1. The fraction of sp³-hybridized carbons (Fsp3) is 0.364. The lowest BCUT2D eigenvalue weighted by Crippen LogP contribution is -2.12. The summed E-state index contributed by atoms with van der Waals surface area (Å²) in [5.41, 5.74) is 0.443. The minimum atomic E-state index is -0.375. The molecule has 16 heavy (non-hydrogen) atoms. The molecule has 1 heterocycles. The molecule has 0 N–H and O–H groups in total. The van der Waals surface area contributed by atoms with Gasteiger partial charge >= 0.3 is 5.97 Å². The van der Waals surface area contributed by atoms with Crippen molar-refractivity contribution < 1.29 is 19.0 Å². The zero-order chi connectivity index (χ0) is 11.7. The lowest BCUT2D eigenvalue weighted by molar-refractivity contribution is 0.0376. The van der Waals surface area contributed by atoms with Crippen molar-refractivity contribution in [3.63, 3.8) is 0 Å². The average molecular weight is 287 g/mol. The zero-order valence-corrected chi connectivity index (χ0v) is 10.5. The van der Waals surface area contributed by atoms with Crippen LogP contribution in [-0.2, 0) is 4.74 Å². The highest BCUT2D eigenvalue weighted by Gasteiger charge is 2.21. The third kappa shape index (κ3) is 2.14. The quantitative estimate of drug-likeness (QED) is 0.785. The van der Waals surface area contributed by atoms with Crippen LogP contribution in [0.15, 0.2) is 16.6 Å². The highest BCUT2D eigenvalue weighted by atomic mass is 79.9. The van der Waals surface area contributed by atoms with Gasteiger partial charge in [-0.3, -0.25) is 0 Å². The number of carbonyl (C=O) groups is 1. The molecule has 0 amide bonds. The van der Waals surface area contributed by atoms with Crippen molar-refractivity contribution in [3.8, 4) is 11.5 Å². The number of hydrogen-bond donors (Lipinski definition) is 0. The number of esters is 1. The van der Waals surface area contributed by atoms with Crippen molar-refractivity contribution in [2.45, 2.75) is 20.0 Å². The van der Waals surface area contributed by atoms with E-state index >= 15 is 0 Å². The van der Waals surface area contributed by atoms with Crippen LogP contribution in [0, 0.1) is 0 Å². The normalized spacial score (nSPS) is 13.0. The van der Waals surface area contributed by atoms with Crippen molar-refractivity contribution in [2.24, 2.45) is 0 Å². The largest absolute Gasteiger partial charge is 0.459 e. The first kappa shape index (κ1) is 11.3. The maximum Gasteiger partial charge on any atom is 0.339 e. The molecule has 1 aromatic rings. The van der Waals surface area contributed by atoms with Crippen molar-refractivity contribution in [1.29, 1.82) is 0 Å². The van der Waals surface area contributed by atoms with E-state index in [4.69, 9.17) is 14.2 Å². The number of ether oxygens (including phenoxy) is 3. The molecular weight excluding hydrogens is 276 g/mol. The second-order valence-electron chi connectivity index (χ2n) is 3.64. The minimum Gasteiger partial charge on any atom is -0.459 e. The van der Waals surface area contributed by atoms with Gasteiger partial charge < -0.3 is 14.2 Å². The van der Waals surface area contributed by atoms with Gasteiger partial charge in [0.25, 0.3) is 0 Å². The minimum absolute atomic E-state index is 0.148. The Labute approximate surface area is 102 Å². The average Bonchev–Trinajstić information content (AvgIpc) is 2.61. The van der Waals surface area contributed by atoms with E-state index in [2.05, 4.69) is 15.9 Å². The van der Waals surface area contributed by atoms with Crippen LogP contribution in [0.2, 0.25) is 0 Å². The van der Waals surface area contributed by atoms with Gasteiger partial charge in [0.2, 0.25) is 6.79 Å². The number of halogens is 1. The highest BCUT2D eigenvalue weighted by molar-refractivity contribution is 9.10. The summed E-state index contributed by atoms with van der Waals surface area (Å²) in [7, 11) is 0. The summed E-state index contributed by atoms with van der Waals surface area (Å²) in [6.45, 7) is 3.79. The first-order valence-electron chi connectivity index (χ1n) is 4.88. The molecule has 2 rings (SSSR count). The molecule has 0 radical (unpaired) electrons. The van der Waals surface area contributed by atoms with Gasteiger partial charge in [-0.25, -0.2) is 4.79 Å². The fourth-order valence-electron chi connectivity index (χ4n) is 1.35. The van der Waals surface area contributed by atoms with Crippen LogP contribution in [0.4, 0.5) is 0 Å². The van der Waals surface area contributed by atoms with Crippen LogP contribution in [0.5, 0.6) is 11.5 Å². The van der Waals surface area contributed by atoms with Gasteiger partial charge in [-0.1, -0.05) is 0 Å². The maximum absolute atomic E-state index is 11.7. The number of rotatable bonds is 2. The van der Waals surface area contributed by atoms with Crippen LogP contribution < -0.4 is 9.47 Å². The predicted octanol–water partition coefficient (Wildman–Crippen LogP) is 2.74. The summed E-state index contributed by atoms with van der Waals surface area (Å²) in [5.74, 6) is 0.826. The molecule has 0 bridgehead atoms. The molecule has 5 heteroatoms. The van der Waals surface area contributed by atoms with E-state index < -0.39 is 0 Å². The molecule has 0 atom stereocenters. The predicted molar refractivity (Wildman–Crippen MR) is 60.8 cm³/mol. The van der Waals surface area contributed by atoms with Gasteiger partial charge in [-0.15, -0.1) is 0 Å². The van der Waals surface area contributed by atoms with Crippen molar-refractivity contribution in [1.82, 2.24) is 0 Å². The Bertz CT molecular complexity index is 428. The summed E-state index contributed by atoms with van der Waals surface area (Å²) in [6.07, 6.45) is -0.148. The molecule has 0 fully saturated rings. The standard InChI is InChI=1S/C11H11BrO4/c1-6(2)16-11(13)7-3-9-10(4-8(7)12)15-5-14-9/h3-4,6H,5H2,1-2H3. The van der Waals surface area contributed by atoms with Crippen LogP contribution >= 0.6 is 15.9 Å². The summed E-state index contributed by atoms with van der Waals surface area (Å²) in [5, 5.41) is 0. The Morgan fingerprint density at radius 3 is 2.62 bits per heavy atom. The summed E-state index contributed by atoms with van der Waals surface area (Å²) < 4.78 is 16.1. The topological polar surface area (TPSA) is 44.8 Å². The van der Waals surface area contributed by atoms with E-state index in [0.717, 1.165) is 0 Å². The van der Waals surface area contributed by atoms with E-state index in [9.17, 15) is 4.79 Å². The molecule has 86 valence electrons. The van der Waals surface area contributed by atoms with Crippen LogP contribution in [0.3, 0.4) is 0 Å². The van der Waals surface area contributed by atoms with E-state index in [1.807, 2.05) is 0 Å². The molecule has 1 aromatic carbocycles. The van der Waals surface area contributed by atoms with Gasteiger partial charge in [-0.05, 0) is 41.9 Å². The van der Waals surface area contributed by atoms with Gasteiger partial charge in [0.1, 0.15) is 0 Å². The highest BCUT2D eigenvalue weighted by Crippen LogP contribution is 2.37. The summed E-state index contributed by atoms with van der Waals surface area (Å²) in [4.78, 5) is 11.7. The number of benzene rings is 1. The van der Waals surface area contributed by atoms with Crippen molar-refractivity contribution in [2.75, 3.05) is 6.79 Å². The van der Waals surface area contributed by atoms with Crippen molar-refractivity contribution in [3.05, 3.63) is 22.2 Å². The Morgan fingerprint density at radius 2 is 2.00 bits per heavy atom. The number of fused-ring (bicyclic) bond motifs is 1. The lowest BCUT2D eigenvalue weighted by atomic mass is 10.2. The van der Waals surface area contributed by atoms with E-state index in [1.165, 1.54) is 0 Å². The Morgan fingerprint density at radius 1 is 1.38 bits per heavy atom. The van der Waals surface area contributed by atoms with Gasteiger partial charge in [0.05, 0.1) is 11.7 Å². The van der Waals surface area contributed by atoms with Crippen LogP contribution in [0.1, 0.15) is 24.2 Å². The summed E-state index contributed by atoms with van der Waals surface area (Å²) >= 11 is 3.30. The molecule has 1 aliphatic heterocycles. The Balaban J connectivity index is 2.31. The van der Waals surface area contributed by atoms with E-state index in [-0.39, 0.29) is 18.9 Å². The zero-order valence-electron chi connectivity index (χ0n) is 8.95. The van der Waals surface area contributed by atoms with Gasteiger partial charge in [0.15, 0.2) is 11.5 Å². The fourth-order valence-corrected chi connectivity index (χ4v) is 1.84. The lowest BCUT2D eigenvalue weighted by Gasteiger charge is -2.09. The van der Waals surface area contributed by atoms with Crippen LogP contribution in [0.25, 0.3) is 0 Å². The molecule has 0 saturated carbocycles. The molecule has 0 aromatic heterocycles.